The molecule has 1 N–H and O–H groups in total. The van der Waals surface area contributed by atoms with Crippen molar-refractivity contribution in [3.63, 3.8) is 0 Å². The Balaban J connectivity index is 1.85. The summed E-state index contributed by atoms with van der Waals surface area (Å²) in [5.41, 5.74) is 3.63. The fourth-order valence-corrected chi connectivity index (χ4v) is 3.52. The molecular weight excluding hydrogens is 324 g/mol. The number of benzene rings is 2. The van der Waals surface area contributed by atoms with Gasteiger partial charge in [0.2, 0.25) is 5.91 Å². The fourth-order valence-electron chi connectivity index (χ4n) is 3.52. The summed E-state index contributed by atoms with van der Waals surface area (Å²) in [5, 5.41) is 3.06. The van der Waals surface area contributed by atoms with Gasteiger partial charge in [-0.3, -0.25) is 9.59 Å². The highest BCUT2D eigenvalue weighted by atomic mass is 16.2. The van der Waals surface area contributed by atoms with Crippen LogP contribution < -0.4 is 5.32 Å². The third-order valence-electron chi connectivity index (χ3n) is 4.88. The average Bonchev–Trinajstić information content (AvgIpc) is 2.97. The number of anilines is 1. The van der Waals surface area contributed by atoms with Gasteiger partial charge in [0, 0.05) is 17.8 Å². The highest BCUT2D eigenvalue weighted by Gasteiger charge is 2.36. The predicted molar refractivity (Wildman–Crippen MR) is 104 cm³/mol. The molecule has 0 bridgehead atoms. The van der Waals surface area contributed by atoms with Crippen LogP contribution in [0.25, 0.3) is 0 Å². The van der Waals surface area contributed by atoms with Crippen molar-refractivity contribution in [2.24, 2.45) is 5.92 Å². The van der Waals surface area contributed by atoms with Crippen molar-refractivity contribution in [3.8, 4) is 0 Å². The zero-order valence-electron chi connectivity index (χ0n) is 15.7. The molecule has 4 nitrogen and oxygen atoms in total. The van der Waals surface area contributed by atoms with Crippen LogP contribution in [0.2, 0.25) is 0 Å². The lowest BCUT2D eigenvalue weighted by Gasteiger charge is -2.28. The standard InChI is InChI=1S/C22H26N2O2/c1-4-16-9-6-8-12-19(16)23-21(25)20(13-15(2)3)24-14-17-10-5-7-11-18(17)22(24)26/h5-12,15,20H,4,13-14H2,1-3H3,(H,23,25)/t20-/m0/s1. The molecule has 2 aromatic rings. The molecule has 0 saturated carbocycles. The van der Waals surface area contributed by atoms with Gasteiger partial charge in [0.15, 0.2) is 0 Å². The fraction of sp³-hybridized carbons (Fsp3) is 0.364. The molecule has 1 aliphatic heterocycles. The van der Waals surface area contributed by atoms with Gasteiger partial charge in [-0.2, -0.15) is 0 Å². The molecule has 1 heterocycles. The topological polar surface area (TPSA) is 49.4 Å². The summed E-state index contributed by atoms with van der Waals surface area (Å²) in [6.07, 6.45) is 1.49. The first-order chi connectivity index (χ1) is 12.5. The van der Waals surface area contributed by atoms with E-state index < -0.39 is 6.04 Å². The monoisotopic (exact) mass is 350 g/mol. The molecule has 2 amide bonds. The highest BCUT2D eigenvalue weighted by molar-refractivity contribution is 6.03. The molecule has 0 saturated heterocycles. The first-order valence-corrected chi connectivity index (χ1v) is 9.29. The van der Waals surface area contributed by atoms with E-state index in [0.29, 0.717) is 24.4 Å². The number of hydrogen-bond acceptors (Lipinski definition) is 2. The smallest absolute Gasteiger partial charge is 0.255 e. The Morgan fingerprint density at radius 2 is 1.81 bits per heavy atom. The van der Waals surface area contributed by atoms with Crippen LogP contribution in [-0.4, -0.2) is 22.8 Å². The van der Waals surface area contributed by atoms with Crippen LogP contribution in [0.15, 0.2) is 48.5 Å². The molecule has 0 fully saturated rings. The molecular formula is C22H26N2O2. The second-order valence-corrected chi connectivity index (χ2v) is 7.24. The second kappa shape index (κ2) is 7.73. The van der Waals surface area contributed by atoms with E-state index in [1.165, 1.54) is 0 Å². The molecule has 0 aromatic heterocycles. The Hall–Kier alpha value is -2.62. The Kier molecular flexibility index (Phi) is 5.40. The maximum absolute atomic E-state index is 13.1. The number of amides is 2. The average molecular weight is 350 g/mol. The van der Waals surface area contributed by atoms with Gasteiger partial charge in [-0.25, -0.2) is 0 Å². The summed E-state index contributed by atoms with van der Waals surface area (Å²) in [5.74, 6) is 0.148. The van der Waals surface area contributed by atoms with Gasteiger partial charge in [-0.15, -0.1) is 0 Å². The molecule has 4 heteroatoms. The lowest BCUT2D eigenvalue weighted by Crippen LogP contribution is -2.45. The summed E-state index contributed by atoms with van der Waals surface area (Å²) in [6, 6.07) is 15.0. The van der Waals surface area contributed by atoms with Crippen LogP contribution in [0.5, 0.6) is 0 Å². The second-order valence-electron chi connectivity index (χ2n) is 7.24. The first-order valence-electron chi connectivity index (χ1n) is 9.29. The maximum Gasteiger partial charge on any atom is 0.255 e. The quantitative estimate of drug-likeness (QED) is 0.846. The number of rotatable bonds is 6. The van der Waals surface area contributed by atoms with E-state index in [1.807, 2.05) is 48.5 Å². The van der Waals surface area contributed by atoms with Crippen molar-refractivity contribution in [1.82, 2.24) is 4.90 Å². The Morgan fingerprint density at radius 1 is 1.12 bits per heavy atom. The lowest BCUT2D eigenvalue weighted by molar-refractivity contribution is -0.121. The Morgan fingerprint density at radius 3 is 2.50 bits per heavy atom. The van der Waals surface area contributed by atoms with E-state index in [4.69, 9.17) is 0 Å². The Labute approximate surface area is 155 Å². The van der Waals surface area contributed by atoms with Crippen LogP contribution >= 0.6 is 0 Å². The number of hydrogen-bond donors (Lipinski definition) is 1. The van der Waals surface area contributed by atoms with Crippen molar-refractivity contribution in [2.45, 2.75) is 46.2 Å². The van der Waals surface area contributed by atoms with Gasteiger partial charge in [0.05, 0.1) is 0 Å². The molecule has 26 heavy (non-hydrogen) atoms. The van der Waals surface area contributed by atoms with Crippen molar-refractivity contribution in [3.05, 3.63) is 65.2 Å². The van der Waals surface area contributed by atoms with Crippen molar-refractivity contribution in [1.29, 1.82) is 0 Å². The summed E-state index contributed by atoms with van der Waals surface area (Å²) in [4.78, 5) is 27.7. The van der Waals surface area contributed by atoms with E-state index in [2.05, 4.69) is 26.1 Å². The Bertz CT molecular complexity index is 813. The van der Waals surface area contributed by atoms with Crippen LogP contribution in [0.3, 0.4) is 0 Å². The molecule has 1 atom stereocenters. The third-order valence-corrected chi connectivity index (χ3v) is 4.88. The maximum atomic E-state index is 13.1. The zero-order chi connectivity index (χ0) is 18.7. The van der Waals surface area contributed by atoms with Gasteiger partial charge in [0.25, 0.3) is 5.91 Å². The highest BCUT2D eigenvalue weighted by Crippen LogP contribution is 2.28. The molecule has 3 rings (SSSR count). The third kappa shape index (κ3) is 3.64. The molecule has 1 aliphatic rings. The molecule has 0 aliphatic carbocycles. The number of nitrogens with one attached hydrogen (secondary N) is 1. The normalized spacial score (nSPS) is 14.5. The van der Waals surface area contributed by atoms with E-state index in [0.717, 1.165) is 23.2 Å². The van der Waals surface area contributed by atoms with E-state index in [-0.39, 0.29) is 11.8 Å². The minimum atomic E-state index is -0.472. The number of fused-ring (bicyclic) bond motifs is 1. The van der Waals surface area contributed by atoms with Crippen molar-refractivity contribution < 1.29 is 9.59 Å². The summed E-state index contributed by atoms with van der Waals surface area (Å²) in [6.45, 7) is 6.72. The number of nitrogens with zero attached hydrogens (tertiary/aromatic N) is 1. The molecule has 0 unspecified atom stereocenters. The van der Waals surface area contributed by atoms with Crippen molar-refractivity contribution in [2.75, 3.05) is 5.32 Å². The molecule has 2 aromatic carbocycles. The van der Waals surface area contributed by atoms with E-state index in [9.17, 15) is 9.59 Å². The van der Waals surface area contributed by atoms with Crippen LogP contribution in [0.4, 0.5) is 5.69 Å². The van der Waals surface area contributed by atoms with Crippen molar-refractivity contribution >= 4 is 17.5 Å². The van der Waals surface area contributed by atoms with Crippen LogP contribution in [-0.2, 0) is 17.8 Å². The van der Waals surface area contributed by atoms with E-state index in [1.54, 1.807) is 4.90 Å². The summed E-state index contributed by atoms with van der Waals surface area (Å²) < 4.78 is 0. The van der Waals surface area contributed by atoms with Gasteiger partial charge >= 0.3 is 0 Å². The van der Waals surface area contributed by atoms with Gasteiger partial charge < -0.3 is 10.2 Å². The number of carbonyl (C=O) groups excluding carboxylic acids is 2. The predicted octanol–water partition coefficient (Wildman–Crippen LogP) is 4.26. The largest absolute Gasteiger partial charge is 0.324 e. The molecule has 136 valence electrons. The van der Waals surface area contributed by atoms with Crippen LogP contribution in [0, 0.1) is 5.92 Å². The molecule has 0 spiro atoms. The number of para-hydroxylation sites is 1. The lowest BCUT2D eigenvalue weighted by atomic mass is 10.0. The minimum absolute atomic E-state index is 0.0508. The number of aryl methyl sites for hydroxylation is 1. The van der Waals surface area contributed by atoms with Gasteiger partial charge in [-0.05, 0) is 42.0 Å². The molecule has 0 radical (unpaired) electrons. The van der Waals surface area contributed by atoms with E-state index >= 15 is 0 Å². The van der Waals surface area contributed by atoms with Gasteiger partial charge in [-0.1, -0.05) is 57.2 Å². The van der Waals surface area contributed by atoms with Gasteiger partial charge in [0.1, 0.15) is 6.04 Å². The van der Waals surface area contributed by atoms with Crippen LogP contribution in [0.1, 0.15) is 48.7 Å². The summed E-state index contributed by atoms with van der Waals surface area (Å²) >= 11 is 0. The zero-order valence-corrected chi connectivity index (χ0v) is 15.7. The first kappa shape index (κ1) is 18.2. The number of carbonyl (C=O) groups is 2. The SMILES string of the molecule is CCc1ccccc1NC(=O)[C@H](CC(C)C)N1Cc2ccccc2C1=O. The minimum Gasteiger partial charge on any atom is -0.324 e. The summed E-state index contributed by atoms with van der Waals surface area (Å²) in [7, 11) is 0.